The number of nitrogens with zero attached hydrogens (tertiary/aromatic N) is 2. The third kappa shape index (κ3) is 2.32. The molecule has 0 radical (unpaired) electrons. The molecule has 3 nitrogen and oxygen atoms in total. The number of rotatable bonds is 3. The van der Waals surface area contributed by atoms with Gasteiger partial charge < -0.3 is 0 Å². The van der Waals surface area contributed by atoms with Crippen molar-refractivity contribution in [2.45, 2.75) is 51.9 Å². The first-order valence-corrected chi connectivity index (χ1v) is 6.62. The summed E-state index contributed by atoms with van der Waals surface area (Å²) in [5, 5.41) is 4.11. The summed E-state index contributed by atoms with van der Waals surface area (Å²) in [7, 11) is 0. The van der Waals surface area contributed by atoms with E-state index in [2.05, 4.69) is 30.4 Å². The van der Waals surface area contributed by atoms with Crippen LogP contribution in [-0.4, -0.2) is 15.4 Å². The van der Waals surface area contributed by atoms with Gasteiger partial charge in [-0.2, -0.15) is 0 Å². The molecule has 1 aliphatic carbocycles. The SMILES string of the molecule is CC(C)(C)c1nnsc1C(=O)CC1CCC1. The van der Waals surface area contributed by atoms with Gasteiger partial charge in [-0.1, -0.05) is 44.5 Å². The predicted molar refractivity (Wildman–Crippen MR) is 64.9 cm³/mol. The first-order valence-electron chi connectivity index (χ1n) is 5.84. The Labute approximate surface area is 100 Å². The first-order chi connectivity index (χ1) is 7.48. The molecule has 0 atom stereocenters. The average molecular weight is 238 g/mol. The number of carbonyl (C=O) groups excluding carboxylic acids is 1. The predicted octanol–water partition coefficient (Wildman–Crippen LogP) is 3.21. The zero-order valence-corrected chi connectivity index (χ0v) is 10.9. The van der Waals surface area contributed by atoms with Crippen molar-refractivity contribution in [3.05, 3.63) is 10.6 Å². The Bertz CT molecular complexity index is 388. The molecule has 1 fully saturated rings. The summed E-state index contributed by atoms with van der Waals surface area (Å²) in [4.78, 5) is 12.9. The maximum absolute atomic E-state index is 12.1. The minimum absolute atomic E-state index is 0.0857. The normalized spacial score (nSPS) is 17.2. The van der Waals surface area contributed by atoms with Gasteiger partial charge in [0.1, 0.15) is 4.88 Å². The number of ketones is 1. The highest BCUT2D eigenvalue weighted by molar-refractivity contribution is 7.08. The van der Waals surface area contributed by atoms with Gasteiger partial charge in [-0.25, -0.2) is 0 Å². The zero-order valence-electron chi connectivity index (χ0n) is 10.1. The van der Waals surface area contributed by atoms with E-state index in [4.69, 9.17) is 0 Å². The summed E-state index contributed by atoms with van der Waals surface area (Å²) in [6.45, 7) is 6.22. The lowest BCUT2D eigenvalue weighted by Gasteiger charge is -2.24. The van der Waals surface area contributed by atoms with E-state index >= 15 is 0 Å². The van der Waals surface area contributed by atoms with Crippen molar-refractivity contribution in [2.24, 2.45) is 5.92 Å². The Morgan fingerprint density at radius 1 is 1.44 bits per heavy atom. The molecule has 1 aromatic heterocycles. The van der Waals surface area contributed by atoms with Crippen molar-refractivity contribution in [1.82, 2.24) is 9.59 Å². The zero-order chi connectivity index (χ0) is 11.8. The van der Waals surface area contributed by atoms with E-state index in [-0.39, 0.29) is 11.2 Å². The van der Waals surface area contributed by atoms with Crippen molar-refractivity contribution >= 4 is 17.3 Å². The number of carbonyl (C=O) groups is 1. The van der Waals surface area contributed by atoms with Crippen LogP contribution in [0.25, 0.3) is 0 Å². The van der Waals surface area contributed by atoms with E-state index in [0.717, 1.165) is 10.6 Å². The van der Waals surface area contributed by atoms with Crippen molar-refractivity contribution in [3.63, 3.8) is 0 Å². The second-order valence-electron chi connectivity index (χ2n) is 5.62. The van der Waals surface area contributed by atoms with Crippen LogP contribution < -0.4 is 0 Å². The van der Waals surface area contributed by atoms with E-state index in [0.29, 0.717) is 12.3 Å². The third-order valence-electron chi connectivity index (χ3n) is 3.15. The van der Waals surface area contributed by atoms with Gasteiger partial charge in [0, 0.05) is 11.8 Å². The van der Waals surface area contributed by atoms with Gasteiger partial charge in [-0.3, -0.25) is 4.79 Å². The van der Waals surface area contributed by atoms with Crippen LogP contribution >= 0.6 is 11.5 Å². The Kier molecular flexibility index (Phi) is 3.10. The van der Waals surface area contributed by atoms with Crippen LogP contribution in [0.4, 0.5) is 0 Å². The van der Waals surface area contributed by atoms with E-state index < -0.39 is 0 Å². The van der Waals surface area contributed by atoms with Crippen molar-refractivity contribution in [1.29, 1.82) is 0 Å². The van der Waals surface area contributed by atoms with Gasteiger partial charge in [0.05, 0.1) is 5.69 Å². The fourth-order valence-electron chi connectivity index (χ4n) is 1.92. The minimum atomic E-state index is -0.0857. The number of hydrogen-bond donors (Lipinski definition) is 0. The molecule has 1 heterocycles. The van der Waals surface area contributed by atoms with E-state index in [1.54, 1.807) is 0 Å². The summed E-state index contributed by atoms with van der Waals surface area (Å²) in [5.41, 5.74) is 0.777. The van der Waals surface area contributed by atoms with E-state index in [9.17, 15) is 4.79 Å². The molecule has 1 aromatic rings. The smallest absolute Gasteiger partial charge is 0.176 e. The minimum Gasteiger partial charge on any atom is -0.293 e. The maximum Gasteiger partial charge on any atom is 0.176 e. The molecule has 88 valence electrons. The summed E-state index contributed by atoms with van der Waals surface area (Å²) in [6, 6.07) is 0. The van der Waals surface area contributed by atoms with Crippen molar-refractivity contribution < 1.29 is 4.79 Å². The third-order valence-corrected chi connectivity index (χ3v) is 3.92. The van der Waals surface area contributed by atoms with Gasteiger partial charge in [-0.05, 0) is 17.5 Å². The lowest BCUT2D eigenvalue weighted by atomic mass is 9.81. The molecule has 16 heavy (non-hydrogen) atoms. The van der Waals surface area contributed by atoms with Gasteiger partial charge in [0.25, 0.3) is 0 Å². The van der Waals surface area contributed by atoms with Gasteiger partial charge in [0.15, 0.2) is 5.78 Å². The Morgan fingerprint density at radius 2 is 2.12 bits per heavy atom. The molecule has 1 aliphatic rings. The highest BCUT2D eigenvalue weighted by atomic mass is 32.1. The lowest BCUT2D eigenvalue weighted by Crippen LogP contribution is -2.19. The van der Waals surface area contributed by atoms with E-state index in [1.165, 1.54) is 30.8 Å². The number of Topliss-reactive ketones (excluding diaryl/α,β-unsaturated/α-hetero) is 1. The monoisotopic (exact) mass is 238 g/mol. The van der Waals surface area contributed by atoms with Crippen LogP contribution in [0.15, 0.2) is 0 Å². The largest absolute Gasteiger partial charge is 0.293 e. The van der Waals surface area contributed by atoms with Crippen LogP contribution in [0.2, 0.25) is 0 Å². The summed E-state index contributed by atoms with van der Waals surface area (Å²) in [5.74, 6) is 0.854. The van der Waals surface area contributed by atoms with Crippen LogP contribution in [0.3, 0.4) is 0 Å². The second kappa shape index (κ2) is 4.24. The Hall–Kier alpha value is -0.770. The van der Waals surface area contributed by atoms with Crippen LogP contribution in [-0.2, 0) is 5.41 Å². The van der Waals surface area contributed by atoms with Crippen LogP contribution in [0.5, 0.6) is 0 Å². The highest BCUT2D eigenvalue weighted by Gasteiger charge is 2.28. The standard InChI is InChI=1S/C12H18N2OS/c1-12(2,3)11-10(16-14-13-11)9(15)7-8-5-4-6-8/h8H,4-7H2,1-3H3. The number of hydrogen-bond acceptors (Lipinski definition) is 4. The molecular formula is C12H18N2OS. The average Bonchev–Trinajstić information content (AvgIpc) is 2.58. The lowest BCUT2D eigenvalue weighted by molar-refractivity contribution is 0.0938. The fraction of sp³-hybridized carbons (Fsp3) is 0.750. The van der Waals surface area contributed by atoms with E-state index in [1.807, 2.05) is 0 Å². The molecule has 0 bridgehead atoms. The molecule has 0 N–H and O–H groups in total. The molecule has 0 saturated heterocycles. The van der Waals surface area contributed by atoms with Crippen LogP contribution in [0, 0.1) is 5.92 Å². The molecule has 0 spiro atoms. The second-order valence-corrected chi connectivity index (χ2v) is 6.38. The molecular weight excluding hydrogens is 220 g/mol. The van der Waals surface area contributed by atoms with Gasteiger partial charge >= 0.3 is 0 Å². The topological polar surface area (TPSA) is 42.9 Å². The summed E-state index contributed by atoms with van der Waals surface area (Å²) in [6.07, 6.45) is 4.39. The number of aromatic nitrogens is 2. The van der Waals surface area contributed by atoms with Crippen molar-refractivity contribution in [2.75, 3.05) is 0 Å². The molecule has 1 saturated carbocycles. The molecule has 4 heteroatoms. The molecule has 0 aliphatic heterocycles. The fourth-order valence-corrected chi connectivity index (χ4v) is 2.74. The Balaban J connectivity index is 2.13. The Morgan fingerprint density at radius 3 is 2.62 bits per heavy atom. The molecule has 2 rings (SSSR count). The molecule has 0 aromatic carbocycles. The summed E-state index contributed by atoms with van der Waals surface area (Å²) >= 11 is 1.25. The van der Waals surface area contributed by atoms with Gasteiger partial charge in [-0.15, -0.1) is 5.10 Å². The first kappa shape index (κ1) is 11.7. The molecule has 0 amide bonds. The molecule has 0 unspecified atom stereocenters. The highest BCUT2D eigenvalue weighted by Crippen LogP contribution is 2.33. The van der Waals surface area contributed by atoms with Crippen LogP contribution in [0.1, 0.15) is 61.8 Å². The summed E-state index contributed by atoms with van der Waals surface area (Å²) < 4.78 is 3.93. The van der Waals surface area contributed by atoms with Crippen molar-refractivity contribution in [3.8, 4) is 0 Å². The quantitative estimate of drug-likeness (QED) is 0.759. The maximum atomic E-state index is 12.1. The van der Waals surface area contributed by atoms with Gasteiger partial charge in [0.2, 0.25) is 0 Å².